The van der Waals surface area contributed by atoms with Crippen molar-refractivity contribution in [1.82, 2.24) is 9.21 Å². The third-order valence-electron chi connectivity index (χ3n) is 5.21. The Kier molecular flexibility index (Phi) is 7.06. The van der Waals surface area contributed by atoms with E-state index in [1.807, 2.05) is 24.3 Å². The lowest BCUT2D eigenvalue weighted by Crippen LogP contribution is -2.53. The van der Waals surface area contributed by atoms with Crippen molar-refractivity contribution in [3.8, 4) is 5.75 Å². The maximum Gasteiger partial charge on any atom is 0.263 e. The van der Waals surface area contributed by atoms with E-state index < -0.39 is 16.1 Å². The summed E-state index contributed by atoms with van der Waals surface area (Å²) in [5.74, 6) is 0.925. The van der Waals surface area contributed by atoms with Crippen LogP contribution in [0.2, 0.25) is 5.02 Å². The maximum absolute atomic E-state index is 12.8. The molecular formula is C22H27ClN2O4S. The van der Waals surface area contributed by atoms with E-state index in [4.69, 9.17) is 16.3 Å². The zero-order chi connectivity index (χ0) is 21.9. The van der Waals surface area contributed by atoms with E-state index in [0.717, 1.165) is 0 Å². The number of ether oxygens (including phenoxy) is 1. The summed E-state index contributed by atoms with van der Waals surface area (Å²) in [7, 11) is -3.60. The van der Waals surface area contributed by atoms with Crippen molar-refractivity contribution >= 4 is 27.5 Å². The molecular weight excluding hydrogens is 424 g/mol. The summed E-state index contributed by atoms with van der Waals surface area (Å²) in [5, 5.41) is 0.484. The van der Waals surface area contributed by atoms with Gasteiger partial charge in [-0.15, -0.1) is 0 Å². The second kappa shape index (κ2) is 9.37. The van der Waals surface area contributed by atoms with Crippen LogP contribution < -0.4 is 4.74 Å². The molecule has 0 aromatic heterocycles. The third kappa shape index (κ3) is 5.14. The Morgan fingerprint density at radius 2 is 1.50 bits per heavy atom. The molecule has 0 radical (unpaired) electrons. The highest BCUT2D eigenvalue weighted by atomic mass is 35.5. The van der Waals surface area contributed by atoms with Crippen molar-refractivity contribution in [2.24, 2.45) is 0 Å². The van der Waals surface area contributed by atoms with E-state index in [1.54, 1.807) is 24.0 Å². The molecule has 6 nitrogen and oxygen atoms in total. The highest BCUT2D eigenvalue weighted by molar-refractivity contribution is 7.89. The first-order valence-electron chi connectivity index (χ1n) is 9.99. The van der Waals surface area contributed by atoms with Gasteiger partial charge in [0.05, 0.1) is 4.90 Å². The van der Waals surface area contributed by atoms with E-state index in [9.17, 15) is 13.2 Å². The smallest absolute Gasteiger partial charge is 0.263 e. The molecule has 2 aromatic rings. The Balaban J connectivity index is 1.57. The molecule has 2 aromatic carbocycles. The fourth-order valence-electron chi connectivity index (χ4n) is 3.35. The molecule has 1 amide bonds. The Morgan fingerprint density at radius 1 is 0.933 bits per heavy atom. The molecule has 1 atom stereocenters. The Labute approximate surface area is 183 Å². The monoisotopic (exact) mass is 450 g/mol. The van der Waals surface area contributed by atoms with Gasteiger partial charge < -0.3 is 9.64 Å². The summed E-state index contributed by atoms with van der Waals surface area (Å²) >= 11 is 5.85. The molecule has 0 spiro atoms. The summed E-state index contributed by atoms with van der Waals surface area (Å²) in [4.78, 5) is 14.6. The van der Waals surface area contributed by atoms with Crippen molar-refractivity contribution < 1.29 is 17.9 Å². The lowest BCUT2D eigenvalue weighted by molar-refractivity contribution is -0.139. The van der Waals surface area contributed by atoms with E-state index in [1.165, 1.54) is 22.0 Å². The van der Waals surface area contributed by atoms with Gasteiger partial charge >= 0.3 is 0 Å². The van der Waals surface area contributed by atoms with Gasteiger partial charge in [-0.2, -0.15) is 4.31 Å². The van der Waals surface area contributed by atoms with Crippen LogP contribution in [0.3, 0.4) is 0 Å². The number of nitrogens with zero attached hydrogens (tertiary/aromatic N) is 2. The van der Waals surface area contributed by atoms with Crippen molar-refractivity contribution in [3.63, 3.8) is 0 Å². The average molecular weight is 451 g/mol. The number of sulfonamides is 1. The van der Waals surface area contributed by atoms with E-state index in [0.29, 0.717) is 29.8 Å². The first-order valence-corrected chi connectivity index (χ1v) is 11.8. The molecule has 0 N–H and O–H groups in total. The zero-order valence-electron chi connectivity index (χ0n) is 17.4. The molecule has 0 saturated carbocycles. The van der Waals surface area contributed by atoms with Gasteiger partial charge in [-0.3, -0.25) is 4.79 Å². The van der Waals surface area contributed by atoms with Crippen LogP contribution in [0.5, 0.6) is 5.75 Å². The van der Waals surface area contributed by atoms with Crippen LogP contribution in [0.4, 0.5) is 0 Å². The molecule has 30 heavy (non-hydrogen) atoms. The summed E-state index contributed by atoms with van der Waals surface area (Å²) < 4.78 is 32.8. The van der Waals surface area contributed by atoms with E-state index in [-0.39, 0.29) is 23.9 Å². The minimum absolute atomic E-state index is 0.147. The number of amides is 1. The molecule has 3 rings (SSSR count). The molecule has 162 valence electrons. The van der Waals surface area contributed by atoms with Crippen LogP contribution >= 0.6 is 11.6 Å². The van der Waals surface area contributed by atoms with Gasteiger partial charge in [-0.05, 0) is 54.8 Å². The molecule has 1 aliphatic rings. The highest BCUT2D eigenvalue weighted by Gasteiger charge is 2.32. The number of carbonyl (C=O) groups excluding carboxylic acids is 1. The van der Waals surface area contributed by atoms with Gasteiger partial charge in [-0.25, -0.2) is 8.42 Å². The summed E-state index contributed by atoms with van der Waals surface area (Å²) in [5.41, 5.74) is 1.21. The normalized spacial score (nSPS) is 16.5. The minimum atomic E-state index is -3.60. The average Bonchev–Trinajstić information content (AvgIpc) is 2.74. The van der Waals surface area contributed by atoms with E-state index in [2.05, 4.69) is 13.8 Å². The number of rotatable bonds is 6. The lowest BCUT2D eigenvalue weighted by atomic mass is 10.0. The second-order valence-corrected chi connectivity index (χ2v) is 10.0. The van der Waals surface area contributed by atoms with Gasteiger partial charge in [0.25, 0.3) is 5.91 Å². The van der Waals surface area contributed by atoms with Crippen LogP contribution in [0.15, 0.2) is 53.4 Å². The summed E-state index contributed by atoms with van der Waals surface area (Å²) in [6.07, 6.45) is -0.644. The largest absolute Gasteiger partial charge is 0.481 e. The highest BCUT2D eigenvalue weighted by Crippen LogP contribution is 2.22. The Hall–Kier alpha value is -2.09. The number of piperazine rings is 1. The Morgan fingerprint density at radius 3 is 2.03 bits per heavy atom. The van der Waals surface area contributed by atoms with Gasteiger partial charge in [0, 0.05) is 31.2 Å². The molecule has 0 bridgehead atoms. The van der Waals surface area contributed by atoms with Crippen molar-refractivity contribution in [1.29, 1.82) is 0 Å². The number of hydrogen-bond acceptors (Lipinski definition) is 4. The van der Waals surface area contributed by atoms with Gasteiger partial charge in [0.15, 0.2) is 6.10 Å². The van der Waals surface area contributed by atoms with Crippen LogP contribution in [0.1, 0.15) is 32.3 Å². The summed E-state index contributed by atoms with van der Waals surface area (Å²) in [6, 6.07) is 13.8. The minimum Gasteiger partial charge on any atom is -0.481 e. The summed E-state index contributed by atoms with van der Waals surface area (Å²) in [6.45, 7) is 7.09. The fourth-order valence-corrected chi connectivity index (χ4v) is 4.90. The van der Waals surface area contributed by atoms with Crippen LogP contribution in [0.25, 0.3) is 0 Å². The van der Waals surface area contributed by atoms with Crippen LogP contribution in [-0.4, -0.2) is 55.8 Å². The second-order valence-electron chi connectivity index (χ2n) is 7.67. The number of carbonyl (C=O) groups is 1. The maximum atomic E-state index is 12.8. The van der Waals surface area contributed by atoms with Crippen molar-refractivity contribution in [2.45, 2.75) is 37.7 Å². The first-order chi connectivity index (χ1) is 14.2. The zero-order valence-corrected chi connectivity index (χ0v) is 19.0. The molecule has 1 fully saturated rings. The lowest BCUT2D eigenvalue weighted by Gasteiger charge is -2.35. The standard InChI is InChI=1S/C22H27ClN2O4S/c1-16(2)18-4-8-20(9-5-18)29-17(3)22(26)24-12-14-25(15-13-24)30(27,28)21-10-6-19(23)7-11-21/h4-11,16-17H,12-15H2,1-3H3. The van der Waals surface area contributed by atoms with Crippen LogP contribution in [-0.2, 0) is 14.8 Å². The molecule has 1 heterocycles. The van der Waals surface area contributed by atoms with Gasteiger partial charge in [-0.1, -0.05) is 37.6 Å². The number of hydrogen-bond donors (Lipinski definition) is 0. The molecule has 1 unspecified atom stereocenters. The van der Waals surface area contributed by atoms with Crippen molar-refractivity contribution in [3.05, 3.63) is 59.1 Å². The molecule has 1 aliphatic heterocycles. The third-order valence-corrected chi connectivity index (χ3v) is 7.37. The predicted molar refractivity (Wildman–Crippen MR) is 117 cm³/mol. The number of halogens is 1. The first kappa shape index (κ1) is 22.6. The number of benzene rings is 2. The quantitative estimate of drug-likeness (QED) is 0.672. The molecule has 0 aliphatic carbocycles. The SMILES string of the molecule is CC(Oc1ccc(C(C)C)cc1)C(=O)N1CCN(S(=O)(=O)c2ccc(Cl)cc2)CC1. The van der Waals surface area contributed by atoms with Gasteiger partial charge in [0.1, 0.15) is 5.75 Å². The fraction of sp³-hybridized carbons (Fsp3) is 0.409. The molecule has 8 heteroatoms. The topological polar surface area (TPSA) is 66.9 Å². The Bertz CT molecular complexity index is 967. The molecule has 1 saturated heterocycles. The van der Waals surface area contributed by atoms with E-state index >= 15 is 0 Å². The van der Waals surface area contributed by atoms with Crippen LogP contribution in [0, 0.1) is 0 Å². The van der Waals surface area contributed by atoms with Crippen molar-refractivity contribution in [2.75, 3.05) is 26.2 Å². The van der Waals surface area contributed by atoms with Gasteiger partial charge in [0.2, 0.25) is 10.0 Å². The predicted octanol–water partition coefficient (Wildman–Crippen LogP) is 3.76.